The highest BCUT2D eigenvalue weighted by atomic mass is 32.1. The predicted molar refractivity (Wildman–Crippen MR) is 272 cm³/mol. The van der Waals surface area contributed by atoms with Crippen molar-refractivity contribution in [2.75, 3.05) is 18.8 Å². The molecule has 0 aromatic carbocycles. The number of guanidine groups is 1. The molecule has 1 saturated heterocycles. The maximum atomic E-state index is 14.1. The monoisotopic (exact) mass is 1170 g/mol. The number of rotatable bonds is 33. The highest BCUT2D eigenvalue weighted by molar-refractivity contribution is 7.80. The minimum absolute atomic E-state index is 0.0467. The molecular formula is C43H71F3N16O17S. The second kappa shape index (κ2) is 34.7. The fourth-order valence-corrected chi connectivity index (χ4v) is 7.25. The molecule has 0 aliphatic carbocycles. The Balaban J connectivity index is 0.00000830. The van der Waals surface area contributed by atoms with Gasteiger partial charge in [-0.05, 0) is 51.4 Å². The highest BCUT2D eigenvalue weighted by Crippen LogP contribution is 2.20. The van der Waals surface area contributed by atoms with Crippen LogP contribution in [0.25, 0.3) is 0 Å². The summed E-state index contributed by atoms with van der Waals surface area (Å²) in [5.41, 5.74) is 38.1. The van der Waals surface area contributed by atoms with Gasteiger partial charge in [0.2, 0.25) is 70.9 Å². The van der Waals surface area contributed by atoms with Crippen molar-refractivity contribution in [1.29, 1.82) is 0 Å². The van der Waals surface area contributed by atoms with E-state index in [0.29, 0.717) is 6.42 Å². The lowest BCUT2D eigenvalue weighted by Crippen LogP contribution is -2.61. The van der Waals surface area contributed by atoms with Crippen LogP contribution < -0.4 is 77.4 Å². The average molecular weight is 1170 g/mol. The molecule has 1 aliphatic rings. The van der Waals surface area contributed by atoms with Crippen molar-refractivity contribution in [3.63, 3.8) is 0 Å². The zero-order chi connectivity index (χ0) is 61.9. The number of nitrogens with one attached hydrogen (secondary N) is 7. The van der Waals surface area contributed by atoms with Gasteiger partial charge in [-0.25, -0.2) is 9.59 Å². The third kappa shape index (κ3) is 27.0. The molecule has 0 saturated carbocycles. The number of aliphatic imine (C=N–C) groups is 1. The van der Waals surface area contributed by atoms with Crippen LogP contribution in [0, 0.1) is 5.92 Å². The molecule has 0 radical (unpaired) electrons. The Bertz CT molecular complexity index is 2290. The van der Waals surface area contributed by atoms with Crippen LogP contribution in [0.3, 0.4) is 0 Å². The minimum Gasteiger partial charge on any atom is -0.480 e. The molecule has 1 aliphatic heterocycles. The molecule has 1 rings (SSSR count). The number of hydrogen-bond acceptors (Lipinski definition) is 18. The van der Waals surface area contributed by atoms with E-state index in [1.54, 1.807) is 0 Å². The van der Waals surface area contributed by atoms with Gasteiger partial charge in [-0.2, -0.15) is 25.8 Å². The number of carboxylic acids is 2. The molecule has 1 fully saturated rings. The SMILES string of the molecule is CC(C)[C@H](NC(=O)[C@H](CC(N)=O)NC(=O)[C@H](CCC(N)=O)NC(=O)[C@H](CCCN=C(N)N)NC(=O)[C@H](CCC(N)=O)NC(=O)[C@H](CC(N)=O)NC(=O)[C@@H]1CCCN1C(=O)[C@@H](N)[C@@H](C)O)C(=O)N[C@@H](CS)C(=O)O.O=C(O)C(F)(F)F. The quantitative estimate of drug-likeness (QED) is 0.0126. The van der Waals surface area contributed by atoms with Crippen LogP contribution in [0.1, 0.15) is 85.0 Å². The molecule has 24 N–H and O–H groups in total. The van der Waals surface area contributed by atoms with Crippen molar-refractivity contribution in [3.05, 3.63) is 0 Å². The summed E-state index contributed by atoms with van der Waals surface area (Å²) in [7, 11) is 0. The second-order valence-corrected chi connectivity index (χ2v) is 18.5. The fourth-order valence-electron chi connectivity index (χ4n) is 7.00. The standard InChI is InChI=1S/C41H70N16O15S.C2HF3O2/c1-17(2)31(38(69)55-24(16-73)40(71)72)56-36(67)23(15-29(45)62)53-34(65)21(9-11-27(43)60)51-32(63)19(6-4-12-49-41(47)48)50-33(64)20(8-10-26(42)59)52-35(66)22(14-28(44)61)54-37(68)25-7-5-13-57(25)39(70)30(46)18(3)58;3-2(4,5)1(6)7/h17-25,30-31,58,73H,4-16,46H2,1-3H3,(H2,42,59)(H2,43,60)(H2,44,61)(H2,45,62)(H,50,64)(H,51,63)(H,52,66)(H,53,65)(H,54,68)(H,55,69)(H,56,67)(H,71,72)(H4,47,48,49);(H,6,7)/t18-,19+,20+,21+,22+,23+,24+,25+,30+,31+;/m1./s1. The number of carbonyl (C=O) groups excluding carboxylic acids is 12. The molecule has 452 valence electrons. The van der Waals surface area contributed by atoms with Crippen molar-refractivity contribution >= 4 is 101 Å². The normalized spacial score (nSPS) is 16.3. The number of hydrogen-bond donors (Lipinski definition) is 18. The molecule has 0 aromatic rings. The topological polar surface area (TPSA) is 582 Å². The number of carbonyl (C=O) groups is 14. The summed E-state index contributed by atoms with van der Waals surface area (Å²) in [5, 5.41) is 42.5. The Labute approximate surface area is 459 Å². The summed E-state index contributed by atoms with van der Waals surface area (Å²) in [6.07, 6.45) is -10.2. The number of amides is 12. The Morgan fingerprint density at radius 1 is 0.613 bits per heavy atom. The first-order chi connectivity index (χ1) is 36.9. The lowest BCUT2D eigenvalue weighted by Gasteiger charge is -2.29. The lowest BCUT2D eigenvalue weighted by atomic mass is 10.0. The Kier molecular flexibility index (Phi) is 31.2. The van der Waals surface area contributed by atoms with Crippen LogP contribution in [0.2, 0.25) is 0 Å². The molecular weight excluding hydrogens is 1100 g/mol. The van der Waals surface area contributed by atoms with E-state index in [2.05, 4.69) is 54.8 Å². The van der Waals surface area contributed by atoms with E-state index in [0.717, 1.165) is 4.90 Å². The summed E-state index contributed by atoms with van der Waals surface area (Å²) in [5.74, 6) is -18.2. The summed E-state index contributed by atoms with van der Waals surface area (Å²) in [6.45, 7) is 4.21. The fraction of sp³-hybridized carbons (Fsp3) is 0.651. The van der Waals surface area contributed by atoms with Crippen molar-refractivity contribution in [1.82, 2.24) is 42.1 Å². The number of alkyl halides is 3. The van der Waals surface area contributed by atoms with E-state index < -0.39 is 194 Å². The number of aliphatic carboxylic acids is 2. The number of thiol groups is 1. The Hall–Kier alpha value is -8.09. The number of nitrogens with zero attached hydrogens (tertiary/aromatic N) is 2. The average Bonchev–Trinajstić information content (AvgIpc) is 3.84. The van der Waals surface area contributed by atoms with Gasteiger partial charge >= 0.3 is 18.1 Å². The smallest absolute Gasteiger partial charge is 0.480 e. The van der Waals surface area contributed by atoms with Gasteiger partial charge in [0.15, 0.2) is 5.96 Å². The Morgan fingerprint density at radius 2 is 1.01 bits per heavy atom. The molecule has 0 aromatic heterocycles. The molecule has 10 atom stereocenters. The van der Waals surface area contributed by atoms with Crippen LogP contribution in [0.4, 0.5) is 13.2 Å². The minimum atomic E-state index is -5.08. The molecule has 12 amide bonds. The van der Waals surface area contributed by atoms with Gasteiger partial charge < -0.3 is 97.6 Å². The number of likely N-dealkylation sites (tertiary alicyclic amines) is 1. The molecule has 33 nitrogen and oxygen atoms in total. The van der Waals surface area contributed by atoms with E-state index in [4.69, 9.17) is 50.0 Å². The van der Waals surface area contributed by atoms with Gasteiger partial charge in [0.05, 0.1) is 18.9 Å². The largest absolute Gasteiger partial charge is 0.490 e. The van der Waals surface area contributed by atoms with Crippen LogP contribution in [-0.2, 0) is 67.1 Å². The van der Waals surface area contributed by atoms with Crippen LogP contribution >= 0.6 is 12.6 Å². The summed E-state index contributed by atoms with van der Waals surface area (Å²) < 4.78 is 31.7. The first-order valence-corrected chi connectivity index (χ1v) is 24.8. The number of primary amides is 4. The van der Waals surface area contributed by atoms with Gasteiger partial charge in [-0.1, -0.05) is 13.8 Å². The van der Waals surface area contributed by atoms with Crippen molar-refractivity contribution in [2.24, 2.45) is 51.0 Å². The molecule has 80 heavy (non-hydrogen) atoms. The molecule has 1 heterocycles. The maximum absolute atomic E-state index is 14.1. The molecule has 0 bridgehead atoms. The number of nitrogens with two attached hydrogens (primary N) is 7. The zero-order valence-electron chi connectivity index (χ0n) is 43.6. The molecule has 0 unspecified atom stereocenters. The van der Waals surface area contributed by atoms with Gasteiger partial charge in [-0.15, -0.1) is 0 Å². The lowest BCUT2D eigenvalue weighted by molar-refractivity contribution is -0.192. The summed E-state index contributed by atoms with van der Waals surface area (Å²) in [6, 6.07) is -14.3. The van der Waals surface area contributed by atoms with E-state index in [1.807, 2.05) is 0 Å². The van der Waals surface area contributed by atoms with Gasteiger partial charge in [0.1, 0.15) is 54.4 Å². The van der Waals surface area contributed by atoms with Crippen molar-refractivity contribution in [2.45, 2.75) is 152 Å². The van der Waals surface area contributed by atoms with Crippen LogP contribution in [-0.4, -0.2) is 195 Å². The number of aliphatic hydroxyl groups is 1. The third-order valence-electron chi connectivity index (χ3n) is 11.2. The van der Waals surface area contributed by atoms with Crippen molar-refractivity contribution < 1.29 is 95.6 Å². The first-order valence-electron chi connectivity index (χ1n) is 24.1. The highest BCUT2D eigenvalue weighted by Gasteiger charge is 2.41. The molecule has 0 spiro atoms. The summed E-state index contributed by atoms with van der Waals surface area (Å²) in [4.78, 5) is 182. The Morgan fingerprint density at radius 3 is 1.39 bits per heavy atom. The van der Waals surface area contributed by atoms with Crippen LogP contribution in [0.15, 0.2) is 4.99 Å². The van der Waals surface area contributed by atoms with E-state index in [9.17, 15) is 85.7 Å². The van der Waals surface area contributed by atoms with Crippen molar-refractivity contribution in [3.8, 4) is 0 Å². The van der Waals surface area contributed by atoms with Gasteiger partial charge in [-0.3, -0.25) is 62.5 Å². The predicted octanol–water partition coefficient (Wildman–Crippen LogP) is -8.28. The van der Waals surface area contributed by atoms with Gasteiger partial charge in [0, 0.05) is 31.7 Å². The van der Waals surface area contributed by atoms with Gasteiger partial charge in [0.25, 0.3) is 0 Å². The van der Waals surface area contributed by atoms with E-state index in [1.165, 1.54) is 20.8 Å². The number of carboxylic acid groups (broad SMARTS) is 2. The van der Waals surface area contributed by atoms with E-state index >= 15 is 0 Å². The van der Waals surface area contributed by atoms with E-state index in [-0.39, 0.29) is 44.1 Å². The zero-order valence-corrected chi connectivity index (χ0v) is 44.5. The first kappa shape index (κ1) is 71.9. The van der Waals surface area contributed by atoms with Crippen LogP contribution in [0.5, 0.6) is 0 Å². The number of halogens is 3. The maximum Gasteiger partial charge on any atom is 0.490 e. The third-order valence-corrected chi connectivity index (χ3v) is 11.6. The number of aliphatic hydroxyl groups excluding tert-OH is 1. The summed E-state index contributed by atoms with van der Waals surface area (Å²) >= 11 is 3.90. The molecule has 37 heteroatoms. The second-order valence-electron chi connectivity index (χ2n) is 18.2.